The number of thiophene rings is 1. The lowest BCUT2D eigenvalue weighted by atomic mass is 10.2. The van der Waals surface area contributed by atoms with Crippen LogP contribution < -0.4 is 10.6 Å². The molecule has 0 atom stereocenters. The van der Waals surface area contributed by atoms with E-state index in [0.717, 1.165) is 10.4 Å². The van der Waals surface area contributed by atoms with Crippen molar-refractivity contribution in [2.24, 2.45) is 0 Å². The van der Waals surface area contributed by atoms with Crippen LogP contribution in [-0.4, -0.2) is 6.61 Å². The van der Waals surface area contributed by atoms with E-state index in [0.29, 0.717) is 17.4 Å². The maximum atomic E-state index is 5.83. The van der Waals surface area contributed by atoms with Crippen LogP contribution >= 0.6 is 11.3 Å². The Balaban J connectivity index is 2.24. The minimum Gasteiger partial charge on any atom is -0.387 e. The molecule has 0 aliphatic carbocycles. The van der Waals surface area contributed by atoms with Crippen LogP contribution in [-0.2, 0) is 4.89 Å². The Morgan fingerprint density at radius 2 is 2.00 bits per heavy atom. The number of anilines is 1. The zero-order valence-electron chi connectivity index (χ0n) is 8.97. The van der Waals surface area contributed by atoms with E-state index in [2.05, 4.69) is 0 Å². The molecule has 0 bridgehead atoms. The monoisotopic (exact) mass is 235 g/mol. The summed E-state index contributed by atoms with van der Waals surface area (Å²) in [6.07, 6.45) is 0. The summed E-state index contributed by atoms with van der Waals surface area (Å²) < 4.78 is 0. The van der Waals surface area contributed by atoms with Gasteiger partial charge >= 0.3 is 0 Å². The van der Waals surface area contributed by atoms with Gasteiger partial charge in [-0.05, 0) is 12.5 Å². The smallest absolute Gasteiger partial charge is 0.200 e. The number of rotatable bonds is 4. The van der Waals surface area contributed by atoms with E-state index in [1.165, 1.54) is 11.3 Å². The maximum absolute atomic E-state index is 5.83. The third-order valence-corrected chi connectivity index (χ3v) is 3.04. The van der Waals surface area contributed by atoms with Crippen LogP contribution in [0.3, 0.4) is 0 Å². The summed E-state index contributed by atoms with van der Waals surface area (Å²) in [5.41, 5.74) is 6.96. The predicted molar refractivity (Wildman–Crippen MR) is 66.4 cm³/mol. The third kappa shape index (κ3) is 2.35. The quantitative estimate of drug-likeness (QED) is 0.653. The SMILES string of the molecule is CCOOc1cc(-c2ccccc2)sc1N. The van der Waals surface area contributed by atoms with Gasteiger partial charge in [0.25, 0.3) is 0 Å². The molecular weight excluding hydrogens is 222 g/mol. The van der Waals surface area contributed by atoms with Gasteiger partial charge in [0.2, 0.25) is 0 Å². The molecule has 0 amide bonds. The van der Waals surface area contributed by atoms with Gasteiger partial charge in [0.15, 0.2) is 5.75 Å². The molecule has 84 valence electrons. The Morgan fingerprint density at radius 3 is 2.69 bits per heavy atom. The molecule has 4 heteroatoms. The first-order chi connectivity index (χ1) is 7.81. The molecule has 1 aromatic carbocycles. The van der Waals surface area contributed by atoms with E-state index >= 15 is 0 Å². The predicted octanol–water partition coefficient (Wildman–Crippen LogP) is 3.33. The molecule has 0 unspecified atom stereocenters. The van der Waals surface area contributed by atoms with Crippen molar-refractivity contribution in [1.29, 1.82) is 0 Å². The first-order valence-electron chi connectivity index (χ1n) is 5.05. The number of benzene rings is 1. The Kier molecular flexibility index (Phi) is 3.44. The van der Waals surface area contributed by atoms with E-state index in [-0.39, 0.29) is 0 Å². The molecular formula is C12H13NO2S. The number of hydrogen-bond acceptors (Lipinski definition) is 4. The van der Waals surface area contributed by atoms with Gasteiger partial charge in [0.1, 0.15) is 5.00 Å². The zero-order chi connectivity index (χ0) is 11.4. The highest BCUT2D eigenvalue weighted by Crippen LogP contribution is 2.38. The fourth-order valence-corrected chi connectivity index (χ4v) is 2.17. The average molecular weight is 235 g/mol. The third-order valence-electron chi connectivity index (χ3n) is 2.05. The minimum absolute atomic E-state index is 0.496. The van der Waals surface area contributed by atoms with Crippen LogP contribution in [0, 0.1) is 0 Å². The summed E-state index contributed by atoms with van der Waals surface area (Å²) in [5, 5.41) is 0.632. The van der Waals surface area contributed by atoms with Gasteiger partial charge in [-0.15, -0.1) is 11.3 Å². The van der Waals surface area contributed by atoms with E-state index < -0.39 is 0 Å². The van der Waals surface area contributed by atoms with Gasteiger partial charge in [-0.25, -0.2) is 0 Å². The molecule has 0 fully saturated rings. The Hall–Kier alpha value is -1.52. The molecule has 0 spiro atoms. The number of hydrogen-bond donors (Lipinski definition) is 1. The first-order valence-corrected chi connectivity index (χ1v) is 5.87. The van der Waals surface area contributed by atoms with Crippen LogP contribution in [0.1, 0.15) is 6.92 Å². The van der Waals surface area contributed by atoms with Crippen molar-refractivity contribution in [3.63, 3.8) is 0 Å². The molecule has 0 saturated heterocycles. The molecule has 2 N–H and O–H groups in total. The molecule has 0 aliphatic rings. The van der Waals surface area contributed by atoms with Crippen LogP contribution in [0.25, 0.3) is 10.4 Å². The normalized spacial score (nSPS) is 10.3. The summed E-state index contributed by atoms with van der Waals surface area (Å²) in [5.74, 6) is 0.589. The highest BCUT2D eigenvalue weighted by molar-refractivity contribution is 7.19. The van der Waals surface area contributed by atoms with Gasteiger partial charge in [-0.2, -0.15) is 4.89 Å². The van der Waals surface area contributed by atoms with Gasteiger partial charge in [-0.1, -0.05) is 30.3 Å². The second kappa shape index (κ2) is 5.01. The molecule has 3 nitrogen and oxygen atoms in total. The summed E-state index contributed by atoms with van der Waals surface area (Å²) in [6, 6.07) is 11.9. The second-order valence-corrected chi connectivity index (χ2v) is 4.28. The first kappa shape index (κ1) is 11.0. The number of nitrogens with two attached hydrogens (primary N) is 1. The average Bonchev–Trinajstić information content (AvgIpc) is 2.69. The molecule has 1 heterocycles. The fraction of sp³-hybridized carbons (Fsp3) is 0.167. The second-order valence-electron chi connectivity index (χ2n) is 3.20. The largest absolute Gasteiger partial charge is 0.387 e. The van der Waals surface area contributed by atoms with Crippen molar-refractivity contribution < 1.29 is 9.78 Å². The van der Waals surface area contributed by atoms with Crippen molar-refractivity contribution in [2.75, 3.05) is 12.3 Å². The lowest BCUT2D eigenvalue weighted by molar-refractivity contribution is -0.201. The van der Waals surface area contributed by atoms with Crippen molar-refractivity contribution in [2.45, 2.75) is 6.92 Å². The van der Waals surface area contributed by atoms with Crippen molar-refractivity contribution in [3.8, 4) is 16.2 Å². The lowest BCUT2D eigenvalue weighted by Gasteiger charge is -1.99. The number of nitrogen functional groups attached to an aromatic ring is 1. The van der Waals surface area contributed by atoms with Crippen LogP contribution in [0.4, 0.5) is 5.00 Å². The lowest BCUT2D eigenvalue weighted by Crippen LogP contribution is -1.96. The van der Waals surface area contributed by atoms with Crippen LogP contribution in [0.2, 0.25) is 0 Å². The van der Waals surface area contributed by atoms with Crippen molar-refractivity contribution >= 4 is 16.3 Å². The molecule has 1 aromatic heterocycles. The zero-order valence-corrected chi connectivity index (χ0v) is 9.79. The summed E-state index contributed by atoms with van der Waals surface area (Å²) >= 11 is 1.49. The standard InChI is InChI=1S/C12H13NO2S/c1-2-14-15-10-8-11(16-12(10)13)9-6-4-3-5-7-9/h3-8H,2,13H2,1H3. The topological polar surface area (TPSA) is 44.5 Å². The Bertz CT molecular complexity index is 453. The summed E-state index contributed by atoms with van der Waals surface area (Å²) in [7, 11) is 0. The van der Waals surface area contributed by atoms with Crippen LogP contribution in [0.15, 0.2) is 36.4 Å². The molecule has 2 aromatic rings. The van der Waals surface area contributed by atoms with Gasteiger partial charge in [0.05, 0.1) is 6.61 Å². The molecule has 0 saturated carbocycles. The van der Waals surface area contributed by atoms with E-state index in [9.17, 15) is 0 Å². The van der Waals surface area contributed by atoms with E-state index in [1.54, 1.807) is 0 Å². The Morgan fingerprint density at radius 1 is 1.25 bits per heavy atom. The van der Waals surface area contributed by atoms with Gasteiger partial charge in [0, 0.05) is 10.9 Å². The Labute approximate surface area is 98.4 Å². The maximum Gasteiger partial charge on any atom is 0.200 e. The summed E-state index contributed by atoms with van der Waals surface area (Å²) in [4.78, 5) is 11.0. The molecule has 0 radical (unpaired) electrons. The van der Waals surface area contributed by atoms with Gasteiger partial charge < -0.3 is 10.6 Å². The minimum atomic E-state index is 0.496. The summed E-state index contributed by atoms with van der Waals surface area (Å²) in [6.45, 7) is 2.36. The van der Waals surface area contributed by atoms with Crippen LogP contribution in [0.5, 0.6) is 5.75 Å². The van der Waals surface area contributed by atoms with Gasteiger partial charge in [-0.3, -0.25) is 0 Å². The highest BCUT2D eigenvalue weighted by Gasteiger charge is 2.09. The highest BCUT2D eigenvalue weighted by atomic mass is 32.1. The van der Waals surface area contributed by atoms with Crippen molar-refractivity contribution in [3.05, 3.63) is 36.4 Å². The fourth-order valence-electron chi connectivity index (χ4n) is 1.32. The molecule has 2 rings (SSSR count). The van der Waals surface area contributed by atoms with E-state index in [1.807, 2.05) is 43.3 Å². The van der Waals surface area contributed by atoms with Crippen molar-refractivity contribution in [1.82, 2.24) is 0 Å². The molecule has 0 aliphatic heterocycles. The molecule has 16 heavy (non-hydrogen) atoms. The van der Waals surface area contributed by atoms with E-state index in [4.69, 9.17) is 15.5 Å².